The molecular formula is C14H9LiO2. The van der Waals surface area contributed by atoms with Crippen LogP contribution in [0.5, 0.6) is 0 Å². The van der Waals surface area contributed by atoms with Gasteiger partial charge in [0, 0.05) is 5.57 Å². The number of carboxylic acids is 1. The Balaban J connectivity index is 0.00000108. The maximum Gasteiger partial charge on any atom is 1.00 e. The molecule has 0 saturated heterocycles. The van der Waals surface area contributed by atoms with Crippen LogP contribution in [0.4, 0.5) is 0 Å². The minimum Gasteiger partial charge on any atom is -0.545 e. The van der Waals surface area contributed by atoms with Gasteiger partial charge in [-0.2, -0.15) is 0 Å². The van der Waals surface area contributed by atoms with Gasteiger partial charge in [-0.25, -0.2) is 0 Å². The summed E-state index contributed by atoms with van der Waals surface area (Å²) in [6, 6.07) is 11.8. The van der Waals surface area contributed by atoms with Gasteiger partial charge in [-0.3, -0.25) is 0 Å². The number of hydrogen-bond acceptors (Lipinski definition) is 2. The van der Waals surface area contributed by atoms with Gasteiger partial charge in [-0.1, -0.05) is 42.5 Å². The molecule has 0 N–H and O–H groups in total. The predicted octanol–water partition coefficient (Wildman–Crippen LogP) is -1.47. The van der Waals surface area contributed by atoms with E-state index in [0.717, 1.165) is 21.9 Å². The van der Waals surface area contributed by atoms with Crippen molar-refractivity contribution in [2.45, 2.75) is 6.42 Å². The Morgan fingerprint density at radius 1 is 1.12 bits per heavy atom. The van der Waals surface area contributed by atoms with E-state index in [9.17, 15) is 9.90 Å². The van der Waals surface area contributed by atoms with Crippen LogP contribution in [-0.2, 0) is 11.2 Å². The van der Waals surface area contributed by atoms with Gasteiger partial charge in [0.15, 0.2) is 0 Å². The summed E-state index contributed by atoms with van der Waals surface area (Å²) in [4.78, 5) is 11.0. The Bertz CT molecular complexity index is 629. The molecule has 0 saturated carbocycles. The fourth-order valence-electron chi connectivity index (χ4n) is 2.30. The number of carboxylic acid groups (broad SMARTS) is 1. The van der Waals surface area contributed by atoms with Gasteiger partial charge >= 0.3 is 18.9 Å². The molecule has 17 heavy (non-hydrogen) atoms. The molecule has 0 fully saturated rings. The van der Waals surface area contributed by atoms with E-state index in [0.29, 0.717) is 12.0 Å². The van der Waals surface area contributed by atoms with Gasteiger partial charge in [0.1, 0.15) is 0 Å². The van der Waals surface area contributed by atoms with Crippen LogP contribution >= 0.6 is 0 Å². The Labute approximate surface area is 111 Å². The minimum absolute atomic E-state index is 0. The molecule has 0 bridgehead atoms. The first kappa shape index (κ1) is 12.0. The summed E-state index contributed by atoms with van der Waals surface area (Å²) in [6.07, 6.45) is 2.41. The van der Waals surface area contributed by atoms with Crippen LogP contribution in [0.3, 0.4) is 0 Å². The number of aliphatic carboxylic acids is 1. The van der Waals surface area contributed by atoms with Crippen molar-refractivity contribution in [1.29, 1.82) is 0 Å². The van der Waals surface area contributed by atoms with Crippen LogP contribution in [0.15, 0.2) is 42.5 Å². The van der Waals surface area contributed by atoms with Gasteiger partial charge in [-0.15, -0.1) is 0 Å². The molecule has 0 aliphatic heterocycles. The average molecular weight is 216 g/mol. The summed E-state index contributed by atoms with van der Waals surface area (Å²) in [5.74, 6) is -1.09. The van der Waals surface area contributed by atoms with E-state index in [2.05, 4.69) is 0 Å². The van der Waals surface area contributed by atoms with Gasteiger partial charge in [0.25, 0.3) is 0 Å². The predicted molar refractivity (Wildman–Crippen MR) is 60.6 cm³/mol. The molecule has 0 radical (unpaired) electrons. The zero-order valence-corrected chi connectivity index (χ0v) is 9.57. The van der Waals surface area contributed by atoms with Gasteiger partial charge in [0.05, 0.1) is 5.97 Å². The molecule has 0 amide bonds. The SMILES string of the molecule is O=C([O-])C1=CCc2ccc3ccccc3c21.[Li+]. The van der Waals surface area contributed by atoms with Crippen molar-refractivity contribution in [2.24, 2.45) is 0 Å². The van der Waals surface area contributed by atoms with E-state index in [1.165, 1.54) is 0 Å². The van der Waals surface area contributed by atoms with Crippen molar-refractivity contribution in [3.63, 3.8) is 0 Å². The first-order valence-electron chi connectivity index (χ1n) is 5.20. The molecule has 0 heterocycles. The maximum absolute atomic E-state index is 11.0. The third kappa shape index (κ3) is 1.80. The summed E-state index contributed by atoms with van der Waals surface area (Å²) >= 11 is 0. The zero-order valence-electron chi connectivity index (χ0n) is 9.57. The fraction of sp³-hybridized carbons (Fsp3) is 0.0714. The van der Waals surface area contributed by atoms with Crippen molar-refractivity contribution < 1.29 is 28.8 Å². The maximum atomic E-state index is 11.0. The second kappa shape index (κ2) is 4.41. The molecule has 3 heteroatoms. The fourth-order valence-corrected chi connectivity index (χ4v) is 2.30. The zero-order chi connectivity index (χ0) is 11.1. The van der Waals surface area contributed by atoms with Crippen molar-refractivity contribution in [2.75, 3.05) is 0 Å². The number of benzene rings is 2. The Kier molecular flexibility index (Phi) is 3.10. The first-order chi connectivity index (χ1) is 7.77. The summed E-state index contributed by atoms with van der Waals surface area (Å²) in [5.41, 5.74) is 2.22. The number of hydrogen-bond donors (Lipinski definition) is 0. The number of fused-ring (bicyclic) bond motifs is 3. The molecule has 2 nitrogen and oxygen atoms in total. The molecule has 1 aliphatic rings. The number of carbonyl (C=O) groups excluding carboxylic acids is 1. The van der Waals surface area contributed by atoms with Crippen LogP contribution in [0.25, 0.3) is 16.3 Å². The van der Waals surface area contributed by atoms with Crippen molar-refractivity contribution >= 4 is 22.3 Å². The average Bonchev–Trinajstić information content (AvgIpc) is 2.73. The summed E-state index contributed by atoms with van der Waals surface area (Å²) < 4.78 is 0. The first-order valence-corrected chi connectivity index (χ1v) is 5.20. The van der Waals surface area contributed by atoms with Crippen LogP contribution in [0, 0.1) is 0 Å². The van der Waals surface area contributed by atoms with Crippen LogP contribution in [-0.4, -0.2) is 5.97 Å². The quantitative estimate of drug-likeness (QED) is 0.546. The second-order valence-corrected chi connectivity index (χ2v) is 3.93. The minimum atomic E-state index is -1.09. The van der Waals surface area contributed by atoms with E-state index >= 15 is 0 Å². The van der Waals surface area contributed by atoms with E-state index in [1.807, 2.05) is 36.4 Å². The summed E-state index contributed by atoms with van der Waals surface area (Å²) in [5, 5.41) is 13.1. The van der Waals surface area contributed by atoms with Gasteiger partial charge < -0.3 is 9.90 Å². The molecule has 78 valence electrons. The van der Waals surface area contributed by atoms with E-state index in [1.54, 1.807) is 6.08 Å². The molecule has 2 aromatic carbocycles. The normalized spacial score (nSPS) is 12.8. The van der Waals surface area contributed by atoms with Crippen LogP contribution in [0.1, 0.15) is 11.1 Å². The van der Waals surface area contributed by atoms with Gasteiger partial charge in [-0.05, 0) is 28.3 Å². The van der Waals surface area contributed by atoms with Crippen LogP contribution in [0.2, 0.25) is 0 Å². The topological polar surface area (TPSA) is 40.1 Å². The van der Waals surface area contributed by atoms with Crippen LogP contribution < -0.4 is 24.0 Å². The molecule has 0 unspecified atom stereocenters. The van der Waals surface area contributed by atoms with Crippen molar-refractivity contribution in [3.8, 4) is 0 Å². The standard InChI is InChI=1S/C14H10O2.Li/c15-14(16)12-8-7-10-6-5-9-3-1-2-4-11(9)13(10)12;/h1-6,8H,7H2,(H,15,16);/q;+1/p-1. The summed E-state index contributed by atoms with van der Waals surface area (Å²) in [6.45, 7) is 0. The third-order valence-corrected chi connectivity index (χ3v) is 3.03. The molecular weight excluding hydrogens is 207 g/mol. The van der Waals surface area contributed by atoms with E-state index in [-0.39, 0.29) is 18.9 Å². The molecule has 1 aliphatic carbocycles. The largest absolute Gasteiger partial charge is 1.00 e. The number of allylic oxidation sites excluding steroid dienone is 1. The molecule has 3 rings (SSSR count). The Hall–Kier alpha value is -1.49. The van der Waals surface area contributed by atoms with Crippen molar-refractivity contribution in [3.05, 3.63) is 53.6 Å². The molecule has 0 spiro atoms. The summed E-state index contributed by atoms with van der Waals surface area (Å²) in [7, 11) is 0. The van der Waals surface area contributed by atoms with Gasteiger partial charge in [0.2, 0.25) is 0 Å². The molecule has 0 atom stereocenters. The van der Waals surface area contributed by atoms with Crippen molar-refractivity contribution in [1.82, 2.24) is 0 Å². The van der Waals surface area contributed by atoms with E-state index in [4.69, 9.17) is 0 Å². The molecule has 2 aromatic rings. The monoisotopic (exact) mass is 216 g/mol. The molecule has 0 aromatic heterocycles. The Morgan fingerprint density at radius 2 is 1.88 bits per heavy atom. The third-order valence-electron chi connectivity index (χ3n) is 3.03. The Morgan fingerprint density at radius 3 is 2.65 bits per heavy atom. The second-order valence-electron chi connectivity index (χ2n) is 3.93. The number of rotatable bonds is 1. The smallest absolute Gasteiger partial charge is 0.545 e. The van der Waals surface area contributed by atoms with E-state index < -0.39 is 5.97 Å². The number of carbonyl (C=O) groups is 1.